The third kappa shape index (κ3) is 4.14. The summed E-state index contributed by atoms with van der Waals surface area (Å²) in [5.41, 5.74) is -1.49. The van der Waals surface area contributed by atoms with E-state index in [1.165, 1.54) is 6.92 Å². The molecule has 0 radical (unpaired) electrons. The lowest BCUT2D eigenvalue weighted by Crippen LogP contribution is -2.64. The van der Waals surface area contributed by atoms with E-state index in [-0.39, 0.29) is 0 Å². The standard InChI is InChI=1S/C13H24O6/c1-7(14)17-10-8(15)9(16)11(18-12(2,3)4)19-13(10,5)6/h8-11,15-16H,1-6H3/t8-,9+,10+,11-/m1/s1. The summed E-state index contributed by atoms with van der Waals surface area (Å²) in [6.45, 7) is 10.1. The lowest BCUT2D eigenvalue weighted by Gasteiger charge is -2.47. The topological polar surface area (TPSA) is 85.2 Å². The molecule has 1 aliphatic heterocycles. The molecule has 0 saturated carbocycles. The molecule has 1 heterocycles. The second kappa shape index (κ2) is 5.36. The number of hydrogen-bond donors (Lipinski definition) is 2. The molecule has 0 aromatic rings. The Morgan fingerprint density at radius 2 is 1.74 bits per heavy atom. The summed E-state index contributed by atoms with van der Waals surface area (Å²) in [7, 11) is 0. The first kappa shape index (κ1) is 16.4. The average Bonchev–Trinajstić information content (AvgIpc) is 2.18. The minimum atomic E-state index is -1.28. The highest BCUT2D eigenvalue weighted by Crippen LogP contribution is 2.33. The van der Waals surface area contributed by atoms with Gasteiger partial charge in [-0.25, -0.2) is 0 Å². The van der Waals surface area contributed by atoms with Gasteiger partial charge in [0.25, 0.3) is 0 Å². The molecule has 0 aromatic carbocycles. The smallest absolute Gasteiger partial charge is 0.303 e. The van der Waals surface area contributed by atoms with Crippen molar-refractivity contribution in [2.24, 2.45) is 0 Å². The molecule has 6 heteroatoms. The van der Waals surface area contributed by atoms with Gasteiger partial charge in [0.05, 0.1) is 5.60 Å². The Morgan fingerprint density at radius 3 is 2.16 bits per heavy atom. The van der Waals surface area contributed by atoms with Gasteiger partial charge in [-0.15, -0.1) is 0 Å². The van der Waals surface area contributed by atoms with E-state index in [4.69, 9.17) is 14.2 Å². The molecular weight excluding hydrogens is 252 g/mol. The second-order valence-electron chi connectivity index (χ2n) is 6.33. The maximum Gasteiger partial charge on any atom is 0.303 e. The summed E-state index contributed by atoms with van der Waals surface area (Å²) in [6.07, 6.45) is -4.46. The molecule has 112 valence electrons. The number of aliphatic hydroxyl groups excluding tert-OH is 2. The number of esters is 1. The second-order valence-corrected chi connectivity index (χ2v) is 6.33. The van der Waals surface area contributed by atoms with Gasteiger partial charge >= 0.3 is 5.97 Å². The van der Waals surface area contributed by atoms with Gasteiger partial charge in [0, 0.05) is 6.92 Å². The molecule has 0 aromatic heterocycles. The van der Waals surface area contributed by atoms with Crippen molar-refractivity contribution in [3.05, 3.63) is 0 Å². The number of ether oxygens (including phenoxy) is 3. The molecule has 1 saturated heterocycles. The van der Waals surface area contributed by atoms with Gasteiger partial charge < -0.3 is 24.4 Å². The van der Waals surface area contributed by atoms with E-state index >= 15 is 0 Å². The fraction of sp³-hybridized carbons (Fsp3) is 0.923. The van der Waals surface area contributed by atoms with Gasteiger partial charge in [0.15, 0.2) is 12.4 Å². The monoisotopic (exact) mass is 276 g/mol. The van der Waals surface area contributed by atoms with E-state index in [2.05, 4.69) is 0 Å². The molecule has 1 fully saturated rings. The van der Waals surface area contributed by atoms with Crippen LogP contribution in [0.15, 0.2) is 0 Å². The van der Waals surface area contributed by atoms with Crippen LogP contribution in [-0.4, -0.2) is 52.0 Å². The van der Waals surface area contributed by atoms with Gasteiger partial charge in [-0.3, -0.25) is 4.79 Å². The summed E-state index contributed by atoms with van der Waals surface area (Å²) < 4.78 is 16.3. The Kier molecular flexibility index (Phi) is 4.62. The lowest BCUT2D eigenvalue weighted by atomic mass is 9.89. The Labute approximate surface area is 113 Å². The van der Waals surface area contributed by atoms with Crippen LogP contribution in [0.25, 0.3) is 0 Å². The van der Waals surface area contributed by atoms with Gasteiger partial charge in [0.1, 0.15) is 17.8 Å². The molecule has 1 aliphatic rings. The molecule has 0 amide bonds. The van der Waals surface area contributed by atoms with Crippen molar-refractivity contribution in [3.8, 4) is 0 Å². The third-order valence-electron chi connectivity index (χ3n) is 2.81. The number of carbonyl (C=O) groups excluding carboxylic acids is 1. The molecule has 0 bridgehead atoms. The first-order valence-corrected chi connectivity index (χ1v) is 6.33. The molecule has 0 spiro atoms. The zero-order valence-corrected chi connectivity index (χ0v) is 12.3. The zero-order chi connectivity index (χ0) is 15.0. The summed E-state index contributed by atoms with van der Waals surface area (Å²) in [6, 6.07) is 0. The first-order valence-electron chi connectivity index (χ1n) is 6.33. The summed E-state index contributed by atoms with van der Waals surface area (Å²) in [5, 5.41) is 20.1. The minimum Gasteiger partial charge on any atom is -0.457 e. The zero-order valence-electron chi connectivity index (χ0n) is 12.3. The van der Waals surface area contributed by atoms with Gasteiger partial charge in [0.2, 0.25) is 0 Å². The molecule has 19 heavy (non-hydrogen) atoms. The molecule has 4 atom stereocenters. The largest absolute Gasteiger partial charge is 0.457 e. The van der Waals surface area contributed by atoms with Crippen LogP contribution in [0.3, 0.4) is 0 Å². The highest BCUT2D eigenvalue weighted by Gasteiger charge is 2.52. The van der Waals surface area contributed by atoms with Crippen LogP contribution in [0, 0.1) is 0 Å². The van der Waals surface area contributed by atoms with E-state index in [0.717, 1.165) is 0 Å². The van der Waals surface area contributed by atoms with Crippen LogP contribution in [-0.2, 0) is 19.0 Å². The van der Waals surface area contributed by atoms with Crippen molar-refractivity contribution in [1.82, 2.24) is 0 Å². The van der Waals surface area contributed by atoms with Crippen molar-refractivity contribution in [1.29, 1.82) is 0 Å². The van der Waals surface area contributed by atoms with Crippen molar-refractivity contribution in [2.75, 3.05) is 0 Å². The van der Waals surface area contributed by atoms with E-state index in [1.807, 2.05) is 20.8 Å². The fourth-order valence-corrected chi connectivity index (χ4v) is 2.02. The van der Waals surface area contributed by atoms with Crippen LogP contribution in [0.4, 0.5) is 0 Å². The van der Waals surface area contributed by atoms with E-state index in [9.17, 15) is 15.0 Å². The van der Waals surface area contributed by atoms with Crippen LogP contribution in [0.1, 0.15) is 41.5 Å². The van der Waals surface area contributed by atoms with Crippen molar-refractivity contribution >= 4 is 5.97 Å². The Bertz CT molecular complexity index is 333. The predicted octanol–water partition coefficient (Wildman–Crippen LogP) is 0.590. The molecule has 6 nitrogen and oxygen atoms in total. The van der Waals surface area contributed by atoms with Crippen LogP contribution < -0.4 is 0 Å². The Morgan fingerprint density at radius 1 is 1.21 bits per heavy atom. The van der Waals surface area contributed by atoms with Crippen molar-refractivity contribution in [3.63, 3.8) is 0 Å². The molecule has 2 N–H and O–H groups in total. The number of hydrogen-bond acceptors (Lipinski definition) is 6. The van der Waals surface area contributed by atoms with E-state index in [0.29, 0.717) is 0 Å². The first-order chi connectivity index (χ1) is 8.44. The van der Waals surface area contributed by atoms with Crippen molar-refractivity contribution in [2.45, 2.75) is 77.3 Å². The molecule has 0 unspecified atom stereocenters. The van der Waals surface area contributed by atoms with E-state index < -0.39 is 41.8 Å². The maximum absolute atomic E-state index is 11.1. The average molecular weight is 276 g/mol. The fourth-order valence-electron chi connectivity index (χ4n) is 2.02. The highest BCUT2D eigenvalue weighted by atomic mass is 16.7. The van der Waals surface area contributed by atoms with Crippen LogP contribution in [0.2, 0.25) is 0 Å². The Hall–Kier alpha value is -0.690. The lowest BCUT2D eigenvalue weighted by molar-refractivity contribution is -0.341. The third-order valence-corrected chi connectivity index (χ3v) is 2.81. The number of carbonyl (C=O) groups is 1. The van der Waals surface area contributed by atoms with Crippen LogP contribution >= 0.6 is 0 Å². The number of rotatable bonds is 2. The normalized spacial score (nSPS) is 34.9. The van der Waals surface area contributed by atoms with E-state index in [1.54, 1.807) is 13.8 Å². The van der Waals surface area contributed by atoms with Gasteiger partial charge in [-0.2, -0.15) is 0 Å². The molecule has 1 rings (SSSR count). The highest BCUT2D eigenvalue weighted by molar-refractivity contribution is 5.66. The maximum atomic E-state index is 11.1. The van der Waals surface area contributed by atoms with Gasteiger partial charge in [-0.05, 0) is 34.6 Å². The predicted molar refractivity (Wildman–Crippen MR) is 67.4 cm³/mol. The minimum absolute atomic E-state index is 0.532. The van der Waals surface area contributed by atoms with Crippen molar-refractivity contribution < 1.29 is 29.2 Å². The van der Waals surface area contributed by atoms with Crippen LogP contribution in [0.5, 0.6) is 0 Å². The number of aliphatic hydroxyl groups is 2. The Balaban J connectivity index is 2.89. The van der Waals surface area contributed by atoms with Gasteiger partial charge in [-0.1, -0.05) is 0 Å². The summed E-state index contributed by atoms with van der Waals surface area (Å²) in [4.78, 5) is 11.1. The quantitative estimate of drug-likeness (QED) is 0.718. The SMILES string of the molecule is CC(=O)O[C@H]1[C@H](O)[C@H](O)[C@H](OC(C)(C)C)OC1(C)C. The summed E-state index contributed by atoms with van der Waals surface area (Å²) in [5.74, 6) is -0.539. The summed E-state index contributed by atoms with van der Waals surface area (Å²) >= 11 is 0. The molecular formula is C13H24O6. The molecule has 0 aliphatic carbocycles.